The van der Waals surface area contributed by atoms with E-state index in [0.29, 0.717) is 6.42 Å². The van der Waals surface area contributed by atoms with Crippen LogP contribution in [0.3, 0.4) is 0 Å². The lowest BCUT2D eigenvalue weighted by Gasteiger charge is -2.27. The number of para-hydroxylation sites is 2. The first kappa shape index (κ1) is 14.0. The molecule has 4 heteroatoms. The van der Waals surface area contributed by atoms with E-state index in [1.165, 1.54) is 0 Å². The minimum Gasteiger partial charge on any atom is -0.388 e. The van der Waals surface area contributed by atoms with Crippen molar-refractivity contribution < 1.29 is 5.11 Å². The van der Waals surface area contributed by atoms with Crippen molar-refractivity contribution in [3.8, 4) is 0 Å². The maximum atomic E-state index is 10.2. The zero-order valence-corrected chi connectivity index (χ0v) is 12.1. The first-order chi connectivity index (χ1) is 8.74. The van der Waals surface area contributed by atoms with Crippen LogP contribution in [0.1, 0.15) is 33.5 Å². The van der Waals surface area contributed by atoms with Crippen LogP contribution in [0.25, 0.3) is 11.0 Å². The number of nitrogens with zero attached hydrogens (tertiary/aromatic N) is 2. The maximum absolute atomic E-state index is 10.2. The molecule has 0 aliphatic heterocycles. The van der Waals surface area contributed by atoms with Gasteiger partial charge in [0, 0.05) is 18.5 Å². The molecule has 0 aliphatic carbocycles. The Morgan fingerprint density at radius 3 is 2.42 bits per heavy atom. The third-order valence-electron chi connectivity index (χ3n) is 3.28. The number of aromatic nitrogens is 2. The number of hydrogen-bond donors (Lipinski definition) is 2. The second kappa shape index (κ2) is 4.62. The van der Waals surface area contributed by atoms with Gasteiger partial charge in [0.1, 0.15) is 5.82 Å². The van der Waals surface area contributed by atoms with Crippen LogP contribution in [0, 0.1) is 0 Å². The normalized spacial score (nSPS) is 15.7. The summed E-state index contributed by atoms with van der Waals surface area (Å²) in [6, 6.07) is 8.05. The van der Waals surface area contributed by atoms with Gasteiger partial charge < -0.3 is 15.4 Å². The van der Waals surface area contributed by atoms with Gasteiger partial charge in [-0.2, -0.15) is 0 Å². The molecule has 2 aromatic rings. The lowest BCUT2D eigenvalue weighted by atomic mass is 10.0. The molecule has 0 saturated heterocycles. The van der Waals surface area contributed by atoms with Crippen molar-refractivity contribution in [1.82, 2.24) is 9.55 Å². The Morgan fingerprint density at radius 1 is 1.21 bits per heavy atom. The van der Waals surface area contributed by atoms with Crippen LogP contribution < -0.4 is 5.73 Å². The summed E-state index contributed by atoms with van der Waals surface area (Å²) in [7, 11) is 0. The van der Waals surface area contributed by atoms with Gasteiger partial charge in [0.15, 0.2) is 0 Å². The molecular weight excluding hydrogens is 238 g/mol. The highest BCUT2D eigenvalue weighted by atomic mass is 16.3. The average Bonchev–Trinajstić information content (AvgIpc) is 2.65. The SMILES string of the molecule is CC(O)(CN)Cc1nc2ccccc2n1C(C)(C)C. The molecule has 1 atom stereocenters. The summed E-state index contributed by atoms with van der Waals surface area (Å²) in [6.45, 7) is 8.39. The Bertz CT molecular complexity index is 579. The fourth-order valence-electron chi connectivity index (χ4n) is 2.36. The molecular formula is C15H23N3O. The molecule has 0 saturated carbocycles. The van der Waals surface area contributed by atoms with E-state index in [0.717, 1.165) is 16.9 Å². The topological polar surface area (TPSA) is 64.1 Å². The smallest absolute Gasteiger partial charge is 0.113 e. The first-order valence-electron chi connectivity index (χ1n) is 6.64. The van der Waals surface area contributed by atoms with Crippen LogP contribution in [0.4, 0.5) is 0 Å². The fourth-order valence-corrected chi connectivity index (χ4v) is 2.36. The minimum absolute atomic E-state index is 0.0872. The van der Waals surface area contributed by atoms with Gasteiger partial charge in [0.2, 0.25) is 0 Å². The number of fused-ring (bicyclic) bond motifs is 1. The van der Waals surface area contributed by atoms with Gasteiger partial charge in [0.05, 0.1) is 16.6 Å². The average molecular weight is 261 g/mol. The van der Waals surface area contributed by atoms with Crippen LogP contribution in [-0.4, -0.2) is 26.8 Å². The lowest BCUT2D eigenvalue weighted by molar-refractivity contribution is 0.0658. The Hall–Kier alpha value is -1.39. The molecule has 0 spiro atoms. The number of hydrogen-bond acceptors (Lipinski definition) is 3. The van der Waals surface area contributed by atoms with Gasteiger partial charge in [-0.05, 0) is 39.8 Å². The summed E-state index contributed by atoms with van der Waals surface area (Å²) < 4.78 is 2.19. The third kappa shape index (κ3) is 2.80. The zero-order valence-electron chi connectivity index (χ0n) is 12.1. The number of aliphatic hydroxyl groups is 1. The highest BCUT2D eigenvalue weighted by Gasteiger charge is 2.27. The minimum atomic E-state index is -0.926. The van der Waals surface area contributed by atoms with Crippen molar-refractivity contribution in [3.63, 3.8) is 0 Å². The Morgan fingerprint density at radius 2 is 1.84 bits per heavy atom. The van der Waals surface area contributed by atoms with Gasteiger partial charge in [-0.25, -0.2) is 4.98 Å². The first-order valence-corrected chi connectivity index (χ1v) is 6.64. The Kier molecular flexibility index (Phi) is 3.41. The van der Waals surface area contributed by atoms with Gasteiger partial charge in [-0.3, -0.25) is 0 Å². The van der Waals surface area contributed by atoms with Crippen molar-refractivity contribution in [2.75, 3.05) is 6.54 Å². The standard InChI is InChI=1S/C15H23N3O/c1-14(2,3)18-12-8-6-5-7-11(12)17-13(18)9-15(4,19)10-16/h5-8,19H,9-10,16H2,1-4H3. The second-order valence-corrected chi connectivity index (χ2v) is 6.40. The van der Waals surface area contributed by atoms with E-state index in [-0.39, 0.29) is 12.1 Å². The summed E-state index contributed by atoms with van der Waals surface area (Å²) in [5, 5.41) is 10.2. The van der Waals surface area contributed by atoms with Crippen LogP contribution in [-0.2, 0) is 12.0 Å². The van der Waals surface area contributed by atoms with Crippen molar-refractivity contribution in [2.45, 2.75) is 45.3 Å². The van der Waals surface area contributed by atoms with Gasteiger partial charge in [-0.1, -0.05) is 12.1 Å². The highest BCUT2D eigenvalue weighted by Crippen LogP contribution is 2.26. The molecule has 4 nitrogen and oxygen atoms in total. The maximum Gasteiger partial charge on any atom is 0.113 e. The summed E-state index contributed by atoms with van der Waals surface area (Å²) in [6.07, 6.45) is 0.454. The molecule has 0 amide bonds. The summed E-state index contributed by atoms with van der Waals surface area (Å²) in [5.41, 5.74) is 6.66. The molecule has 1 aromatic carbocycles. The van der Waals surface area contributed by atoms with Crippen LogP contribution in [0.15, 0.2) is 24.3 Å². The van der Waals surface area contributed by atoms with Crippen molar-refractivity contribution in [1.29, 1.82) is 0 Å². The molecule has 0 bridgehead atoms. The molecule has 0 aliphatic rings. The van der Waals surface area contributed by atoms with Gasteiger partial charge in [0.25, 0.3) is 0 Å². The van der Waals surface area contributed by atoms with Crippen LogP contribution in [0.2, 0.25) is 0 Å². The van der Waals surface area contributed by atoms with E-state index in [1.807, 2.05) is 18.2 Å². The molecule has 0 fully saturated rings. The van der Waals surface area contributed by atoms with Crippen LogP contribution in [0.5, 0.6) is 0 Å². The van der Waals surface area contributed by atoms with Gasteiger partial charge in [-0.15, -0.1) is 0 Å². The van der Waals surface area contributed by atoms with Crippen LogP contribution >= 0.6 is 0 Å². The van der Waals surface area contributed by atoms with Crippen molar-refractivity contribution in [2.24, 2.45) is 5.73 Å². The van der Waals surface area contributed by atoms with E-state index in [9.17, 15) is 5.11 Å². The molecule has 1 heterocycles. The number of rotatable bonds is 3. The summed E-state index contributed by atoms with van der Waals surface area (Å²) in [5.74, 6) is 0.879. The quantitative estimate of drug-likeness (QED) is 0.888. The van der Waals surface area contributed by atoms with Crippen molar-refractivity contribution in [3.05, 3.63) is 30.1 Å². The number of benzene rings is 1. The Labute approximate surface area is 114 Å². The van der Waals surface area contributed by atoms with Gasteiger partial charge >= 0.3 is 0 Å². The van der Waals surface area contributed by atoms with Crippen molar-refractivity contribution >= 4 is 11.0 Å². The number of nitrogens with two attached hydrogens (primary N) is 1. The third-order valence-corrected chi connectivity index (χ3v) is 3.28. The number of imidazole rings is 1. The molecule has 104 valence electrons. The second-order valence-electron chi connectivity index (χ2n) is 6.40. The zero-order chi connectivity index (χ0) is 14.3. The molecule has 1 unspecified atom stereocenters. The molecule has 3 N–H and O–H groups in total. The molecule has 1 aromatic heterocycles. The highest BCUT2D eigenvalue weighted by molar-refractivity contribution is 5.76. The van der Waals surface area contributed by atoms with E-state index in [4.69, 9.17) is 5.73 Å². The van der Waals surface area contributed by atoms with E-state index >= 15 is 0 Å². The molecule has 19 heavy (non-hydrogen) atoms. The largest absolute Gasteiger partial charge is 0.388 e. The summed E-state index contributed by atoms with van der Waals surface area (Å²) in [4.78, 5) is 4.66. The van der Waals surface area contributed by atoms with E-state index in [1.54, 1.807) is 6.92 Å². The molecule has 2 rings (SSSR count). The fraction of sp³-hybridized carbons (Fsp3) is 0.533. The van der Waals surface area contributed by atoms with E-state index in [2.05, 4.69) is 36.4 Å². The predicted molar refractivity (Wildman–Crippen MR) is 78.1 cm³/mol. The Balaban J connectivity index is 2.60. The predicted octanol–water partition coefficient (Wildman–Crippen LogP) is 2.04. The summed E-state index contributed by atoms with van der Waals surface area (Å²) >= 11 is 0. The molecule has 0 radical (unpaired) electrons. The van der Waals surface area contributed by atoms with E-state index < -0.39 is 5.60 Å². The lowest BCUT2D eigenvalue weighted by Crippen LogP contribution is -2.38. The monoisotopic (exact) mass is 261 g/mol.